The van der Waals surface area contributed by atoms with Crippen molar-refractivity contribution < 1.29 is 68.7 Å². The average Bonchev–Trinajstić information content (AvgIpc) is 3.12. The quantitative estimate of drug-likeness (QED) is 0.0571. The van der Waals surface area contributed by atoms with Crippen molar-refractivity contribution in [2.45, 2.75) is 14.7 Å². The zero-order chi connectivity index (χ0) is 41.8. The number of rotatable bonds is 17. The lowest BCUT2D eigenvalue weighted by Gasteiger charge is -2.07. The number of hydrogen-bond acceptors (Lipinski definition) is 22. The van der Waals surface area contributed by atoms with Crippen molar-refractivity contribution in [3.05, 3.63) is 115 Å². The molecule has 0 fully saturated rings. The molecule has 0 aliphatic rings. The van der Waals surface area contributed by atoms with Gasteiger partial charge in [-0.25, -0.2) is 0 Å². The third kappa shape index (κ3) is 16.3. The van der Waals surface area contributed by atoms with Gasteiger partial charge in [0.15, 0.2) is 0 Å². The van der Waals surface area contributed by atoms with Crippen molar-refractivity contribution in [3.63, 3.8) is 0 Å². The Morgan fingerprint density at radius 2 is 0.782 bits per heavy atom. The summed E-state index contributed by atoms with van der Waals surface area (Å²) in [5, 5.41) is 87.4. The van der Waals surface area contributed by atoms with Gasteiger partial charge in [0.05, 0.1) is 79.7 Å². The average molecular weight is 835 g/mol. The lowest BCUT2D eigenvalue weighted by Crippen LogP contribution is -2.15. The van der Waals surface area contributed by atoms with Gasteiger partial charge in [0.2, 0.25) is 6.79 Å². The Bertz CT molecular complexity index is 1870. The third-order valence-electron chi connectivity index (χ3n) is 5.53. The van der Waals surface area contributed by atoms with Crippen LogP contribution in [0.25, 0.3) is 0 Å². The van der Waals surface area contributed by atoms with Crippen molar-refractivity contribution in [3.8, 4) is 0 Å². The SMILES string of the molecule is O=C(CSc1ccc([N+](=O)[O-])cc1[N+](=O)[O-])OCOC(=O)CSc1ccc([N+](=O)[O-])cc1[N+](=O)[O-].O=C(O)CSc1ccc([N+](=O)[O-])cc1[N+](=O)[O-].OCO. The first-order valence-corrected chi connectivity index (χ1v) is 16.7. The van der Waals surface area contributed by atoms with E-state index in [1.165, 1.54) is 6.07 Å². The van der Waals surface area contributed by atoms with E-state index in [2.05, 4.69) is 9.47 Å². The number of thioether (sulfide) groups is 3. The number of aliphatic hydroxyl groups is 2. The maximum atomic E-state index is 11.8. The second-order valence-electron chi connectivity index (χ2n) is 9.05. The van der Waals surface area contributed by atoms with Gasteiger partial charge in [-0.3, -0.25) is 75.1 Å². The van der Waals surface area contributed by atoms with E-state index >= 15 is 0 Å². The summed E-state index contributed by atoms with van der Waals surface area (Å²) < 4.78 is 9.36. The largest absolute Gasteiger partial charge is 0.481 e. The molecule has 29 heteroatoms. The number of ether oxygens (including phenoxy) is 2. The molecule has 55 heavy (non-hydrogen) atoms. The second-order valence-corrected chi connectivity index (χ2v) is 12.1. The van der Waals surface area contributed by atoms with E-state index in [0.717, 1.165) is 60.3 Å². The minimum Gasteiger partial charge on any atom is -0.481 e. The van der Waals surface area contributed by atoms with Crippen LogP contribution in [0.1, 0.15) is 0 Å². The Labute approximate surface area is 316 Å². The summed E-state index contributed by atoms with van der Waals surface area (Å²) in [5.41, 5.74) is -3.00. The number of aliphatic hydroxyl groups excluding tert-OH is 1. The molecule has 0 radical (unpaired) electrons. The van der Waals surface area contributed by atoms with Crippen molar-refractivity contribution in [2.75, 3.05) is 30.8 Å². The number of nitrogens with zero attached hydrogens (tertiary/aromatic N) is 6. The highest BCUT2D eigenvalue weighted by Gasteiger charge is 2.23. The number of hydrogen-bond donors (Lipinski definition) is 3. The number of carboxylic acids is 1. The lowest BCUT2D eigenvalue weighted by molar-refractivity contribution is -0.396. The van der Waals surface area contributed by atoms with E-state index in [0.29, 0.717) is 23.5 Å². The fourth-order valence-corrected chi connectivity index (χ4v) is 5.64. The molecular weight excluding hydrogens is 813 g/mol. The van der Waals surface area contributed by atoms with Gasteiger partial charge < -0.3 is 24.8 Å². The van der Waals surface area contributed by atoms with Crippen LogP contribution in [0.5, 0.6) is 0 Å². The summed E-state index contributed by atoms with van der Waals surface area (Å²) >= 11 is 2.11. The Hall–Kier alpha value is -6.56. The first-order chi connectivity index (χ1) is 25.8. The van der Waals surface area contributed by atoms with Crippen LogP contribution < -0.4 is 0 Å². The number of nitro benzene ring substituents is 6. The number of carbonyl (C=O) groups is 3. The van der Waals surface area contributed by atoms with E-state index in [4.69, 9.17) is 15.3 Å². The highest BCUT2D eigenvalue weighted by atomic mass is 32.2. The molecule has 0 atom stereocenters. The number of carboxylic acid groups (broad SMARTS) is 1. The molecule has 0 saturated heterocycles. The van der Waals surface area contributed by atoms with Gasteiger partial charge in [-0.1, -0.05) is 0 Å². The molecule has 3 rings (SSSR count). The molecule has 0 bridgehead atoms. The fraction of sp³-hybridized carbons (Fsp3) is 0.192. The Kier molecular flexibility index (Phi) is 19.6. The predicted molar refractivity (Wildman–Crippen MR) is 185 cm³/mol. The topological polar surface area (TPSA) is 389 Å². The predicted octanol–water partition coefficient (Wildman–Crippen LogP) is 3.86. The van der Waals surface area contributed by atoms with Crippen LogP contribution in [-0.4, -0.2) is 93.6 Å². The minimum atomic E-state index is -1.12. The second kappa shape index (κ2) is 23.2. The molecule has 0 aliphatic carbocycles. The molecule has 3 N–H and O–H groups in total. The van der Waals surface area contributed by atoms with Crippen molar-refractivity contribution >= 4 is 87.3 Å². The van der Waals surface area contributed by atoms with E-state index in [1.54, 1.807) is 0 Å². The number of benzene rings is 3. The molecule has 0 unspecified atom stereocenters. The molecule has 0 heterocycles. The molecular formula is C26H22N6O20S3. The maximum Gasteiger partial charge on any atom is 0.319 e. The zero-order valence-corrected chi connectivity index (χ0v) is 29.4. The third-order valence-corrected chi connectivity index (χ3v) is 8.65. The number of non-ortho nitro benzene ring substituents is 3. The standard InChI is InChI=1S/C17H12N4O12S2.C8H6N2O6S.CH4O2/c22-16(7-34-14-3-1-10(18(24)25)5-12(14)20(28)29)32-9-33-17(23)8-35-15-4-2-11(19(26)27)6-13(15)21(30)31;11-8(12)4-17-7-2-1-5(9(13)14)3-6(7)10(15)16;2-1-3/h1-6H,7-9H2;1-3H,4H2,(H,11,12);2-3H,1H2. The number of esters is 2. The van der Waals surface area contributed by atoms with E-state index < -0.39 is 107 Å². The number of aliphatic carboxylic acids is 1. The highest BCUT2D eigenvalue weighted by Crippen LogP contribution is 2.34. The van der Waals surface area contributed by atoms with Crippen LogP contribution in [-0.2, 0) is 23.9 Å². The monoisotopic (exact) mass is 834 g/mol. The van der Waals surface area contributed by atoms with Gasteiger partial charge >= 0.3 is 17.9 Å². The Morgan fingerprint density at radius 1 is 0.509 bits per heavy atom. The zero-order valence-electron chi connectivity index (χ0n) is 26.9. The highest BCUT2D eigenvalue weighted by molar-refractivity contribution is 8.00. The number of carbonyl (C=O) groups excluding carboxylic acids is 2. The molecule has 3 aromatic rings. The van der Waals surface area contributed by atoms with Crippen LogP contribution in [0.2, 0.25) is 0 Å². The van der Waals surface area contributed by atoms with Crippen LogP contribution in [0.15, 0.2) is 69.3 Å². The Balaban J connectivity index is 0.000000629. The molecule has 0 saturated carbocycles. The Morgan fingerprint density at radius 3 is 1.02 bits per heavy atom. The molecule has 0 spiro atoms. The molecule has 0 aliphatic heterocycles. The van der Waals surface area contributed by atoms with Gasteiger partial charge in [-0.05, 0) is 18.2 Å². The molecule has 3 aromatic carbocycles. The van der Waals surface area contributed by atoms with E-state index in [9.17, 15) is 75.1 Å². The summed E-state index contributed by atoms with van der Waals surface area (Å²) in [6, 6.07) is 8.88. The van der Waals surface area contributed by atoms with Gasteiger partial charge in [-0.2, -0.15) is 0 Å². The van der Waals surface area contributed by atoms with Crippen molar-refractivity contribution in [2.24, 2.45) is 0 Å². The summed E-state index contributed by atoms with van der Waals surface area (Å²) in [6.07, 6.45) is 0. The minimum absolute atomic E-state index is 0.0179. The van der Waals surface area contributed by atoms with Crippen LogP contribution in [0.4, 0.5) is 34.1 Å². The van der Waals surface area contributed by atoms with Gasteiger partial charge in [0.25, 0.3) is 34.1 Å². The summed E-state index contributed by atoms with van der Waals surface area (Å²) in [6.45, 7) is -1.55. The fourth-order valence-electron chi connectivity index (χ4n) is 3.31. The summed E-state index contributed by atoms with van der Waals surface area (Å²) in [7, 11) is 0. The summed E-state index contributed by atoms with van der Waals surface area (Å²) in [5.74, 6) is -4.15. The van der Waals surface area contributed by atoms with Crippen molar-refractivity contribution in [1.82, 2.24) is 0 Å². The smallest absolute Gasteiger partial charge is 0.319 e. The van der Waals surface area contributed by atoms with Gasteiger partial charge in [0.1, 0.15) is 6.79 Å². The van der Waals surface area contributed by atoms with Crippen LogP contribution in [0, 0.1) is 60.7 Å². The molecule has 0 aromatic heterocycles. The van der Waals surface area contributed by atoms with E-state index in [1.807, 2.05) is 0 Å². The molecule has 294 valence electrons. The number of nitro groups is 6. The molecule has 0 amide bonds. The summed E-state index contributed by atoms with van der Waals surface area (Å²) in [4.78, 5) is 93.9. The van der Waals surface area contributed by atoms with Gasteiger partial charge in [-0.15, -0.1) is 35.3 Å². The first-order valence-electron chi connectivity index (χ1n) is 13.7. The van der Waals surface area contributed by atoms with E-state index in [-0.39, 0.29) is 20.4 Å². The lowest BCUT2D eigenvalue weighted by atomic mass is 10.3. The van der Waals surface area contributed by atoms with Crippen LogP contribution >= 0.6 is 35.3 Å². The normalized spacial score (nSPS) is 9.93. The van der Waals surface area contributed by atoms with Crippen molar-refractivity contribution in [1.29, 1.82) is 0 Å². The molecule has 26 nitrogen and oxygen atoms in total. The maximum absolute atomic E-state index is 11.8. The van der Waals surface area contributed by atoms with Gasteiger partial charge in [0, 0.05) is 18.2 Å². The first kappa shape index (κ1) is 46.5. The van der Waals surface area contributed by atoms with Crippen LogP contribution in [0.3, 0.4) is 0 Å².